The van der Waals surface area contributed by atoms with Crippen LogP contribution in [0.25, 0.3) is 0 Å². The number of nitrogens with zero attached hydrogens (tertiary/aromatic N) is 4. The number of benzene rings is 1. The molecule has 2 atom stereocenters. The fraction of sp³-hybridized carbons (Fsp3) is 0.643. The topological polar surface area (TPSA) is 68.1 Å². The molecule has 7 heteroatoms. The van der Waals surface area contributed by atoms with Gasteiger partial charge in [0, 0.05) is 50.2 Å². The van der Waals surface area contributed by atoms with E-state index >= 15 is 0 Å². The summed E-state index contributed by atoms with van der Waals surface area (Å²) in [6.07, 6.45) is 6.08. The van der Waals surface area contributed by atoms with Crippen LogP contribution in [0.4, 0.5) is 4.39 Å². The summed E-state index contributed by atoms with van der Waals surface area (Å²) in [7, 11) is 0. The number of hydrogen-bond donors (Lipinski definition) is 0. The lowest BCUT2D eigenvalue weighted by atomic mass is 9.71. The third kappa shape index (κ3) is 4.91. The molecule has 0 N–H and O–H groups in total. The number of halogens is 1. The monoisotopic (exact) mass is 480 g/mol. The summed E-state index contributed by atoms with van der Waals surface area (Å²) in [6.45, 7) is 8.87. The van der Waals surface area contributed by atoms with Gasteiger partial charge in [0.15, 0.2) is 0 Å². The maximum absolute atomic E-state index is 13.6. The summed E-state index contributed by atoms with van der Waals surface area (Å²) in [5, 5.41) is 9.37. The minimum Gasteiger partial charge on any atom is -0.341 e. The lowest BCUT2D eigenvalue weighted by molar-refractivity contribution is -0.128. The first-order valence-electron chi connectivity index (χ1n) is 13.2. The number of likely N-dealkylation sites (tertiary alicyclic amines) is 1. The third-order valence-electron chi connectivity index (χ3n) is 8.25. The number of hydrogen-bond acceptors (Lipinski definition) is 4. The van der Waals surface area contributed by atoms with Gasteiger partial charge in [-0.1, -0.05) is 19.9 Å². The molecule has 2 saturated carbocycles. The SMILES string of the molecule is CC(=O)N1C[C@H](C(=O)Cc2ccc(F)cc2C)[C@@H](c2nnc(C3CC(CC(C)C)C3)n2C2CC2)C1. The van der Waals surface area contributed by atoms with Crippen LogP contribution in [0.3, 0.4) is 0 Å². The van der Waals surface area contributed by atoms with Gasteiger partial charge in [0.05, 0.1) is 0 Å². The lowest BCUT2D eigenvalue weighted by Crippen LogP contribution is -2.28. The molecule has 2 heterocycles. The van der Waals surface area contributed by atoms with Crippen LogP contribution in [-0.2, 0) is 16.0 Å². The minimum absolute atomic E-state index is 0.0171. The fourth-order valence-electron chi connectivity index (χ4n) is 6.19. The molecule has 0 radical (unpaired) electrons. The highest BCUT2D eigenvalue weighted by atomic mass is 19.1. The Morgan fingerprint density at radius 1 is 1.11 bits per heavy atom. The first kappa shape index (κ1) is 24.1. The van der Waals surface area contributed by atoms with Crippen molar-refractivity contribution in [1.29, 1.82) is 0 Å². The van der Waals surface area contributed by atoms with Crippen LogP contribution in [0, 0.1) is 30.5 Å². The van der Waals surface area contributed by atoms with Gasteiger partial charge in [0.2, 0.25) is 5.91 Å². The Bertz CT molecular complexity index is 1120. The maximum Gasteiger partial charge on any atom is 0.219 e. The van der Waals surface area contributed by atoms with Crippen molar-refractivity contribution >= 4 is 11.7 Å². The van der Waals surface area contributed by atoms with Crippen LogP contribution >= 0.6 is 0 Å². The Morgan fingerprint density at radius 2 is 1.83 bits per heavy atom. The van der Waals surface area contributed by atoms with E-state index in [9.17, 15) is 14.0 Å². The molecule has 0 spiro atoms. The quantitative estimate of drug-likeness (QED) is 0.535. The second kappa shape index (κ2) is 9.47. The van der Waals surface area contributed by atoms with Crippen molar-refractivity contribution in [2.75, 3.05) is 13.1 Å². The zero-order valence-corrected chi connectivity index (χ0v) is 21.3. The van der Waals surface area contributed by atoms with Gasteiger partial charge in [-0.25, -0.2) is 4.39 Å². The summed E-state index contributed by atoms with van der Waals surface area (Å²) in [4.78, 5) is 27.6. The van der Waals surface area contributed by atoms with Gasteiger partial charge in [-0.3, -0.25) is 9.59 Å². The molecule has 0 bridgehead atoms. The van der Waals surface area contributed by atoms with Crippen molar-refractivity contribution in [3.8, 4) is 0 Å². The number of carbonyl (C=O) groups is 2. The molecule has 1 aromatic heterocycles. The summed E-state index contributed by atoms with van der Waals surface area (Å²) in [5.41, 5.74) is 1.62. The van der Waals surface area contributed by atoms with E-state index in [0.717, 1.165) is 41.5 Å². The van der Waals surface area contributed by atoms with E-state index in [-0.39, 0.29) is 35.8 Å². The zero-order valence-electron chi connectivity index (χ0n) is 21.3. The summed E-state index contributed by atoms with van der Waals surface area (Å²) in [5.74, 6) is 3.19. The molecular weight excluding hydrogens is 443 g/mol. The summed E-state index contributed by atoms with van der Waals surface area (Å²) < 4.78 is 15.9. The Kier molecular flexibility index (Phi) is 6.53. The Balaban J connectivity index is 1.40. The molecule has 35 heavy (non-hydrogen) atoms. The van der Waals surface area contributed by atoms with Gasteiger partial charge in [0.1, 0.15) is 23.2 Å². The van der Waals surface area contributed by atoms with Crippen molar-refractivity contribution in [3.05, 3.63) is 46.8 Å². The van der Waals surface area contributed by atoms with Crippen LogP contribution < -0.4 is 0 Å². The predicted molar refractivity (Wildman–Crippen MR) is 132 cm³/mol. The van der Waals surface area contributed by atoms with E-state index < -0.39 is 0 Å². The van der Waals surface area contributed by atoms with Gasteiger partial charge in [-0.2, -0.15) is 0 Å². The molecule has 1 amide bonds. The summed E-state index contributed by atoms with van der Waals surface area (Å²) in [6, 6.07) is 4.99. The molecule has 1 saturated heterocycles. The molecule has 0 unspecified atom stereocenters. The number of aryl methyl sites for hydroxylation is 1. The molecule has 6 nitrogen and oxygen atoms in total. The molecule has 5 rings (SSSR count). The average Bonchev–Trinajstić information content (AvgIpc) is 3.35. The molecule has 2 aromatic rings. The third-order valence-corrected chi connectivity index (χ3v) is 8.25. The first-order valence-corrected chi connectivity index (χ1v) is 13.2. The van der Waals surface area contributed by atoms with Crippen LogP contribution in [0.2, 0.25) is 0 Å². The second-order valence-electron chi connectivity index (χ2n) is 11.5. The Hall–Kier alpha value is -2.57. The summed E-state index contributed by atoms with van der Waals surface area (Å²) >= 11 is 0. The van der Waals surface area contributed by atoms with Crippen molar-refractivity contribution in [1.82, 2.24) is 19.7 Å². The molecule has 3 aliphatic rings. The van der Waals surface area contributed by atoms with Gasteiger partial charge < -0.3 is 9.47 Å². The van der Waals surface area contributed by atoms with Gasteiger partial charge in [-0.15, -0.1) is 10.2 Å². The van der Waals surface area contributed by atoms with E-state index in [2.05, 4.69) is 28.6 Å². The largest absolute Gasteiger partial charge is 0.341 e. The lowest BCUT2D eigenvalue weighted by Gasteiger charge is -2.36. The van der Waals surface area contributed by atoms with Crippen molar-refractivity contribution in [3.63, 3.8) is 0 Å². The Morgan fingerprint density at radius 3 is 2.46 bits per heavy atom. The second-order valence-corrected chi connectivity index (χ2v) is 11.5. The van der Waals surface area contributed by atoms with E-state index in [0.29, 0.717) is 31.0 Å². The number of ketones is 1. The maximum atomic E-state index is 13.6. The molecule has 3 fully saturated rings. The van der Waals surface area contributed by atoms with Gasteiger partial charge in [0.25, 0.3) is 0 Å². The van der Waals surface area contributed by atoms with Crippen LogP contribution in [0.1, 0.15) is 93.5 Å². The van der Waals surface area contributed by atoms with Crippen molar-refractivity contribution in [2.45, 2.75) is 84.1 Å². The highest BCUT2D eigenvalue weighted by Gasteiger charge is 2.45. The average molecular weight is 481 g/mol. The Labute approximate surface area is 207 Å². The van der Waals surface area contributed by atoms with Crippen molar-refractivity contribution < 1.29 is 14.0 Å². The first-order chi connectivity index (χ1) is 16.7. The molecule has 188 valence electrons. The van der Waals surface area contributed by atoms with Gasteiger partial charge >= 0.3 is 0 Å². The molecular formula is C28H37FN4O2. The number of aromatic nitrogens is 3. The number of Topliss-reactive ketones (excluding diaryl/α,β-unsaturated/α-hetero) is 1. The molecule has 1 aromatic carbocycles. The molecule has 1 aliphatic heterocycles. The van der Waals surface area contributed by atoms with Gasteiger partial charge in [-0.05, 0) is 74.1 Å². The van der Waals surface area contributed by atoms with Crippen LogP contribution in [0.15, 0.2) is 18.2 Å². The van der Waals surface area contributed by atoms with E-state index in [4.69, 9.17) is 0 Å². The van der Waals surface area contributed by atoms with E-state index in [1.54, 1.807) is 17.9 Å². The molecule has 2 aliphatic carbocycles. The number of carbonyl (C=O) groups excluding carboxylic acids is 2. The van der Waals surface area contributed by atoms with Crippen molar-refractivity contribution in [2.24, 2.45) is 17.8 Å². The highest BCUT2D eigenvalue weighted by Crippen LogP contribution is 2.48. The fourth-order valence-corrected chi connectivity index (χ4v) is 6.19. The predicted octanol–water partition coefficient (Wildman–Crippen LogP) is 4.97. The number of amides is 1. The zero-order chi connectivity index (χ0) is 24.9. The normalized spacial score (nSPS) is 26.3. The van der Waals surface area contributed by atoms with E-state index in [1.807, 2.05) is 6.92 Å². The minimum atomic E-state index is -0.326. The van der Waals surface area contributed by atoms with E-state index in [1.165, 1.54) is 31.4 Å². The smallest absolute Gasteiger partial charge is 0.219 e. The standard InChI is InChI=1S/C28H37FN4O2/c1-16(2)9-19-11-21(12-19)27-30-31-28(33(27)23-7-8-23)25-15-32(18(4)34)14-24(25)26(35)13-20-5-6-22(29)10-17(20)3/h5-6,10,16,19,21,23-25H,7-9,11-15H2,1-4H3/t19?,21?,24-,25-/m0/s1. The highest BCUT2D eigenvalue weighted by molar-refractivity contribution is 5.86. The van der Waals surface area contributed by atoms with Crippen LogP contribution in [-0.4, -0.2) is 44.4 Å². The number of rotatable bonds is 8. The van der Waals surface area contributed by atoms with Crippen LogP contribution in [0.5, 0.6) is 0 Å².